The molecular formula is C18H25ClF2N4O3. The van der Waals surface area contributed by atoms with Crippen molar-refractivity contribution in [1.29, 1.82) is 0 Å². The Morgan fingerprint density at radius 2 is 1.96 bits per heavy atom. The SMILES string of the molecule is Cl.NC(=O)[C@H](C[C@@H]1CCNC1=O)NC(=O)[C@H]1NC[C@@H]2[C@H]3C[C@@H]([C@@H]21)[C@H]1[C@@H]3C1(F)F. The van der Waals surface area contributed by atoms with E-state index < -0.39 is 35.7 Å². The van der Waals surface area contributed by atoms with E-state index in [1.807, 2.05) is 0 Å². The molecule has 5 aliphatic rings. The molecule has 5 rings (SSSR count). The van der Waals surface area contributed by atoms with Gasteiger partial charge in [0.05, 0.1) is 6.04 Å². The first-order valence-corrected chi connectivity index (χ1v) is 9.79. The Kier molecular flexibility index (Phi) is 4.61. The van der Waals surface area contributed by atoms with E-state index in [0.717, 1.165) is 6.42 Å². The summed E-state index contributed by atoms with van der Waals surface area (Å²) in [6.45, 7) is 1.12. The average Bonchev–Trinajstić information content (AvgIpc) is 3.15. The zero-order chi connectivity index (χ0) is 19.1. The summed E-state index contributed by atoms with van der Waals surface area (Å²) in [6, 6.07) is -1.50. The number of carbonyl (C=O) groups excluding carboxylic acids is 3. The van der Waals surface area contributed by atoms with Crippen LogP contribution in [0.25, 0.3) is 0 Å². The fourth-order valence-electron chi connectivity index (χ4n) is 6.64. The Bertz CT molecular complexity index is 723. The van der Waals surface area contributed by atoms with Gasteiger partial charge in [-0.1, -0.05) is 0 Å². The predicted octanol–water partition coefficient (Wildman–Crippen LogP) is -0.360. The number of rotatable bonds is 5. The Labute approximate surface area is 167 Å². The van der Waals surface area contributed by atoms with Crippen molar-refractivity contribution >= 4 is 30.1 Å². The van der Waals surface area contributed by atoms with Gasteiger partial charge in [-0.15, -0.1) is 12.4 Å². The number of hydrogen-bond acceptors (Lipinski definition) is 4. The van der Waals surface area contributed by atoms with Gasteiger partial charge in [-0.3, -0.25) is 14.4 Å². The Hall–Kier alpha value is -1.48. The second-order valence-corrected chi connectivity index (χ2v) is 8.89. The molecule has 0 spiro atoms. The molecule has 7 nitrogen and oxygen atoms in total. The molecule has 3 aliphatic carbocycles. The maximum atomic E-state index is 14.0. The average molecular weight is 419 g/mol. The summed E-state index contributed by atoms with van der Waals surface area (Å²) in [6.07, 6.45) is 1.56. The molecule has 156 valence electrons. The van der Waals surface area contributed by atoms with E-state index in [9.17, 15) is 23.2 Å². The molecule has 0 aromatic carbocycles. The lowest BCUT2D eigenvalue weighted by Gasteiger charge is -2.28. The Morgan fingerprint density at radius 3 is 2.61 bits per heavy atom. The van der Waals surface area contributed by atoms with Gasteiger partial charge < -0.3 is 21.7 Å². The highest BCUT2D eigenvalue weighted by Gasteiger charge is 2.82. The number of nitrogens with one attached hydrogen (secondary N) is 3. The third kappa shape index (κ3) is 2.65. The summed E-state index contributed by atoms with van der Waals surface area (Å²) in [5.74, 6) is -5.29. The highest BCUT2D eigenvalue weighted by molar-refractivity contribution is 5.90. The van der Waals surface area contributed by atoms with Gasteiger partial charge in [0.2, 0.25) is 17.7 Å². The number of fused-ring (bicyclic) bond motifs is 8. The van der Waals surface area contributed by atoms with E-state index in [1.165, 1.54) is 0 Å². The second kappa shape index (κ2) is 6.52. The molecule has 2 bridgehead atoms. The lowest BCUT2D eigenvalue weighted by Crippen LogP contribution is -2.53. The summed E-state index contributed by atoms with van der Waals surface area (Å²) < 4.78 is 28.0. The quantitative estimate of drug-likeness (QED) is 0.488. The van der Waals surface area contributed by atoms with Crippen molar-refractivity contribution in [2.75, 3.05) is 13.1 Å². The molecule has 2 aliphatic heterocycles. The largest absolute Gasteiger partial charge is 0.368 e. The van der Waals surface area contributed by atoms with Gasteiger partial charge >= 0.3 is 0 Å². The van der Waals surface area contributed by atoms with Crippen LogP contribution in [0.4, 0.5) is 8.78 Å². The lowest BCUT2D eigenvalue weighted by molar-refractivity contribution is -0.130. The van der Waals surface area contributed by atoms with Crippen LogP contribution in [0.1, 0.15) is 19.3 Å². The molecule has 0 unspecified atom stereocenters. The topological polar surface area (TPSA) is 113 Å². The van der Waals surface area contributed by atoms with Gasteiger partial charge in [0.25, 0.3) is 5.92 Å². The number of carbonyl (C=O) groups is 3. The van der Waals surface area contributed by atoms with Crippen LogP contribution in [0.2, 0.25) is 0 Å². The van der Waals surface area contributed by atoms with Gasteiger partial charge in [-0.2, -0.15) is 0 Å². The molecule has 5 N–H and O–H groups in total. The van der Waals surface area contributed by atoms with Crippen LogP contribution in [-0.2, 0) is 14.4 Å². The maximum absolute atomic E-state index is 14.0. The zero-order valence-corrected chi connectivity index (χ0v) is 16.0. The molecule has 3 amide bonds. The van der Waals surface area contributed by atoms with Crippen molar-refractivity contribution in [2.24, 2.45) is 47.2 Å². The molecule has 2 saturated heterocycles. The number of hydrogen-bond donors (Lipinski definition) is 4. The van der Waals surface area contributed by atoms with Gasteiger partial charge in [0.15, 0.2) is 0 Å². The van der Waals surface area contributed by atoms with Crippen molar-refractivity contribution in [2.45, 2.75) is 37.3 Å². The second-order valence-electron chi connectivity index (χ2n) is 8.89. The number of halogens is 3. The molecule has 3 saturated carbocycles. The summed E-state index contributed by atoms with van der Waals surface area (Å²) in [5, 5.41) is 8.57. The van der Waals surface area contributed by atoms with E-state index in [0.29, 0.717) is 19.5 Å². The van der Waals surface area contributed by atoms with Crippen molar-refractivity contribution < 1.29 is 23.2 Å². The molecule has 2 heterocycles. The standard InChI is InChI=1S/C18H24F2N4O3.ClH/c19-18(20)12-7-4-8(13(12)18)11-9(7)5-23-14(11)17(27)24-10(15(21)25)3-6-1-2-22-16(6)26;/h6-14,23H,1-5H2,(H2,21,25)(H,22,26)(H,24,27);1H/t6-,7+,8-,9+,10-,11-,12+,13-,14-;/m0./s1. The smallest absolute Gasteiger partial charge is 0.255 e. The van der Waals surface area contributed by atoms with Crippen LogP contribution in [0.5, 0.6) is 0 Å². The number of nitrogens with two attached hydrogens (primary N) is 1. The van der Waals surface area contributed by atoms with Crippen LogP contribution in [0, 0.1) is 41.4 Å². The van der Waals surface area contributed by atoms with E-state index in [2.05, 4.69) is 16.0 Å². The third-order valence-electron chi connectivity index (χ3n) is 7.76. The first-order chi connectivity index (χ1) is 12.8. The van der Waals surface area contributed by atoms with E-state index in [1.54, 1.807) is 0 Å². The van der Waals surface area contributed by atoms with Crippen molar-refractivity contribution in [1.82, 2.24) is 16.0 Å². The molecule has 10 heteroatoms. The minimum Gasteiger partial charge on any atom is -0.368 e. The van der Waals surface area contributed by atoms with Crippen molar-refractivity contribution in [3.05, 3.63) is 0 Å². The lowest BCUT2D eigenvalue weighted by atomic mass is 9.78. The first kappa shape index (κ1) is 19.8. The fourth-order valence-corrected chi connectivity index (χ4v) is 6.64. The van der Waals surface area contributed by atoms with Crippen LogP contribution in [0.15, 0.2) is 0 Å². The summed E-state index contributed by atoms with van der Waals surface area (Å²) in [4.78, 5) is 36.4. The van der Waals surface area contributed by atoms with E-state index >= 15 is 0 Å². The van der Waals surface area contributed by atoms with Crippen LogP contribution >= 0.6 is 12.4 Å². The minimum absolute atomic E-state index is 0. The number of alkyl halides is 2. The van der Waals surface area contributed by atoms with Crippen LogP contribution < -0.4 is 21.7 Å². The van der Waals surface area contributed by atoms with Gasteiger partial charge in [0.1, 0.15) is 6.04 Å². The molecule has 0 aromatic heterocycles. The highest BCUT2D eigenvalue weighted by Crippen LogP contribution is 2.77. The van der Waals surface area contributed by atoms with Gasteiger partial charge in [0, 0.05) is 24.3 Å². The van der Waals surface area contributed by atoms with Crippen LogP contribution in [0.3, 0.4) is 0 Å². The fraction of sp³-hybridized carbons (Fsp3) is 0.833. The molecule has 0 radical (unpaired) electrons. The minimum atomic E-state index is -2.56. The summed E-state index contributed by atoms with van der Waals surface area (Å²) in [7, 11) is 0. The van der Waals surface area contributed by atoms with Crippen LogP contribution in [-0.4, -0.2) is 48.8 Å². The normalized spacial score (nSPS) is 44.9. The third-order valence-corrected chi connectivity index (χ3v) is 7.76. The molecule has 28 heavy (non-hydrogen) atoms. The van der Waals surface area contributed by atoms with Gasteiger partial charge in [-0.25, -0.2) is 8.78 Å². The highest BCUT2D eigenvalue weighted by atomic mass is 35.5. The summed E-state index contributed by atoms with van der Waals surface area (Å²) in [5.41, 5.74) is 5.43. The monoisotopic (exact) mass is 418 g/mol. The van der Waals surface area contributed by atoms with E-state index in [-0.39, 0.29) is 60.2 Å². The molecule has 0 aromatic rings. The Balaban J connectivity index is 0.00000192. The zero-order valence-electron chi connectivity index (χ0n) is 15.2. The predicted molar refractivity (Wildman–Crippen MR) is 96.4 cm³/mol. The molecule has 9 atom stereocenters. The van der Waals surface area contributed by atoms with Crippen molar-refractivity contribution in [3.8, 4) is 0 Å². The van der Waals surface area contributed by atoms with E-state index in [4.69, 9.17) is 5.73 Å². The maximum Gasteiger partial charge on any atom is 0.255 e. The first-order valence-electron chi connectivity index (χ1n) is 9.79. The van der Waals surface area contributed by atoms with Gasteiger partial charge in [-0.05, 0) is 49.5 Å². The molecular weight excluding hydrogens is 394 g/mol. The number of amides is 3. The molecule has 5 fully saturated rings. The van der Waals surface area contributed by atoms with Crippen molar-refractivity contribution in [3.63, 3.8) is 0 Å². The Morgan fingerprint density at radius 1 is 1.25 bits per heavy atom. The number of primary amides is 1. The summed E-state index contributed by atoms with van der Waals surface area (Å²) >= 11 is 0.